The molecule has 2 aromatic carbocycles. The summed E-state index contributed by atoms with van der Waals surface area (Å²) in [6.45, 7) is 0.164. The molecule has 1 fully saturated rings. The number of carbonyl (C=O) groups excluding carboxylic acids is 2. The monoisotopic (exact) mass is 431 g/mol. The Morgan fingerprint density at radius 2 is 1.81 bits per heavy atom. The lowest BCUT2D eigenvalue weighted by Gasteiger charge is -2.26. The maximum atomic E-state index is 13.8. The minimum Gasteiger partial charge on any atom is -0.295 e. The number of hydrogen-bond donors (Lipinski definition) is 0. The molecule has 1 aliphatic carbocycles. The number of rotatable bonds is 6. The summed E-state index contributed by atoms with van der Waals surface area (Å²) >= 11 is 0. The van der Waals surface area contributed by atoms with Crippen molar-refractivity contribution in [2.75, 3.05) is 0 Å². The van der Waals surface area contributed by atoms with E-state index in [4.69, 9.17) is 4.84 Å². The largest absolute Gasteiger partial charge is 0.416 e. The van der Waals surface area contributed by atoms with Gasteiger partial charge in [0.2, 0.25) is 5.78 Å². The molecule has 0 bridgehead atoms. The lowest BCUT2D eigenvalue weighted by atomic mass is 9.81. The molecule has 1 atom stereocenters. The molecule has 1 unspecified atom stereocenters. The van der Waals surface area contributed by atoms with Crippen LogP contribution in [-0.2, 0) is 33.8 Å². The summed E-state index contributed by atoms with van der Waals surface area (Å²) in [4.78, 5) is 29.0. The Labute approximate surface area is 179 Å². The molecule has 0 spiro atoms. The van der Waals surface area contributed by atoms with Crippen LogP contribution in [0.25, 0.3) is 0 Å². The number of benzene rings is 2. The fourth-order valence-corrected chi connectivity index (χ4v) is 4.70. The molecule has 4 nitrogen and oxygen atoms in total. The van der Waals surface area contributed by atoms with Crippen molar-refractivity contribution >= 4 is 12.1 Å². The Hall–Kier alpha value is -2.51. The number of nitrogens with zero attached hydrogens (tertiary/aromatic N) is 1. The number of aldehydes is 1. The summed E-state index contributed by atoms with van der Waals surface area (Å²) in [6, 6.07) is 10.7. The molecular weight excluding hydrogens is 407 g/mol. The number of halogens is 3. The van der Waals surface area contributed by atoms with Gasteiger partial charge in [-0.15, -0.1) is 0 Å². The van der Waals surface area contributed by atoms with Gasteiger partial charge in [0.15, 0.2) is 6.29 Å². The molecule has 7 heteroatoms. The third-order valence-electron chi connectivity index (χ3n) is 6.21. The predicted octanol–water partition coefficient (Wildman–Crippen LogP) is 5.51. The van der Waals surface area contributed by atoms with Crippen LogP contribution >= 0.6 is 0 Å². The molecule has 0 radical (unpaired) electrons. The van der Waals surface area contributed by atoms with Crippen LogP contribution in [-0.4, -0.2) is 17.1 Å². The Balaban J connectivity index is 1.54. The van der Waals surface area contributed by atoms with Gasteiger partial charge in [-0.1, -0.05) is 55.7 Å². The second kappa shape index (κ2) is 8.93. The first-order chi connectivity index (χ1) is 14.9. The number of fused-ring (bicyclic) bond motifs is 1. The fraction of sp³-hybridized carbons (Fsp3) is 0.417. The van der Waals surface area contributed by atoms with Gasteiger partial charge in [-0.3, -0.25) is 14.4 Å². The smallest absolute Gasteiger partial charge is 0.295 e. The van der Waals surface area contributed by atoms with Crippen molar-refractivity contribution in [2.24, 2.45) is 0 Å². The van der Waals surface area contributed by atoms with Crippen molar-refractivity contribution in [1.82, 2.24) is 5.06 Å². The number of hydrogen-bond acceptors (Lipinski definition) is 4. The number of alkyl halides is 3. The minimum atomic E-state index is -4.44. The van der Waals surface area contributed by atoms with E-state index in [9.17, 15) is 22.8 Å². The second-order valence-electron chi connectivity index (χ2n) is 8.22. The summed E-state index contributed by atoms with van der Waals surface area (Å²) < 4.78 is 41.3. The average Bonchev–Trinajstić information content (AvgIpc) is 3.15. The Kier molecular flexibility index (Phi) is 6.25. The first-order valence-electron chi connectivity index (χ1n) is 10.5. The maximum Gasteiger partial charge on any atom is 0.416 e. The van der Waals surface area contributed by atoms with Crippen LogP contribution < -0.4 is 0 Å². The Morgan fingerprint density at radius 1 is 1.06 bits per heavy atom. The SMILES string of the molecule is O=CC(=O)C1c2ccccc2CN1OCc1ccc(C2CCCCC2)c(C(F)(F)F)c1. The number of hydroxylamine groups is 2. The summed E-state index contributed by atoms with van der Waals surface area (Å²) in [5.74, 6) is -0.711. The van der Waals surface area contributed by atoms with Crippen molar-refractivity contribution in [3.63, 3.8) is 0 Å². The van der Waals surface area contributed by atoms with Crippen molar-refractivity contribution in [1.29, 1.82) is 0 Å². The molecule has 2 aromatic rings. The van der Waals surface area contributed by atoms with Crippen molar-refractivity contribution < 1.29 is 27.6 Å². The highest BCUT2D eigenvalue weighted by Crippen LogP contribution is 2.41. The normalized spacial score (nSPS) is 19.9. The van der Waals surface area contributed by atoms with Crippen molar-refractivity contribution in [3.05, 3.63) is 70.3 Å². The summed E-state index contributed by atoms with van der Waals surface area (Å²) in [7, 11) is 0. The van der Waals surface area contributed by atoms with Gasteiger partial charge in [-0.2, -0.15) is 18.2 Å². The minimum absolute atomic E-state index is 0.0667. The molecule has 0 N–H and O–H groups in total. The van der Waals surface area contributed by atoms with Gasteiger partial charge in [0, 0.05) is 0 Å². The molecule has 4 rings (SSSR count). The Morgan fingerprint density at radius 3 is 2.52 bits per heavy atom. The highest BCUT2D eigenvalue weighted by molar-refractivity contribution is 6.27. The first-order valence-corrected chi connectivity index (χ1v) is 10.5. The van der Waals surface area contributed by atoms with Gasteiger partial charge < -0.3 is 0 Å². The predicted molar refractivity (Wildman–Crippen MR) is 108 cm³/mol. The van der Waals surface area contributed by atoms with E-state index < -0.39 is 23.6 Å². The first kappa shape index (κ1) is 21.7. The summed E-state index contributed by atoms with van der Waals surface area (Å²) in [6.07, 6.45) is 0.346. The molecule has 1 saturated carbocycles. The number of carbonyl (C=O) groups is 2. The zero-order valence-corrected chi connectivity index (χ0v) is 17.0. The molecule has 2 aliphatic rings. The van der Waals surface area contributed by atoms with Gasteiger partial charge >= 0.3 is 6.18 Å². The van der Waals surface area contributed by atoms with E-state index in [0.29, 0.717) is 16.7 Å². The van der Waals surface area contributed by atoms with Crippen LogP contribution in [0.2, 0.25) is 0 Å². The fourth-order valence-electron chi connectivity index (χ4n) is 4.70. The zero-order valence-electron chi connectivity index (χ0n) is 17.0. The van der Waals surface area contributed by atoms with Crippen LogP contribution in [0.1, 0.15) is 71.9 Å². The molecular formula is C24H24F3NO3. The average molecular weight is 431 g/mol. The summed E-state index contributed by atoms with van der Waals surface area (Å²) in [5.41, 5.74) is 1.67. The highest BCUT2D eigenvalue weighted by Gasteiger charge is 2.37. The molecule has 1 heterocycles. The number of Topliss-reactive ketones (excluding diaryl/α,β-unsaturated/α-hetero) is 1. The third kappa shape index (κ3) is 4.57. The lowest BCUT2D eigenvalue weighted by molar-refractivity contribution is -0.198. The van der Waals surface area contributed by atoms with Crippen LogP contribution in [0.3, 0.4) is 0 Å². The van der Waals surface area contributed by atoms with E-state index in [1.807, 2.05) is 12.1 Å². The topological polar surface area (TPSA) is 46.6 Å². The standard InChI is InChI=1S/C24H24F3NO3/c25-24(26,27)21-12-16(10-11-19(21)17-6-2-1-3-7-17)15-31-28-13-18-8-4-5-9-20(18)23(28)22(30)14-29/h4-5,8-12,14,17,23H,1-3,6-7,13,15H2. The third-order valence-corrected chi connectivity index (χ3v) is 6.21. The molecule has 0 saturated heterocycles. The summed E-state index contributed by atoms with van der Waals surface area (Å²) in [5, 5.41) is 1.38. The van der Waals surface area contributed by atoms with E-state index in [1.165, 1.54) is 5.06 Å². The van der Waals surface area contributed by atoms with Crippen molar-refractivity contribution in [3.8, 4) is 0 Å². The molecule has 1 aliphatic heterocycles. The lowest BCUT2D eigenvalue weighted by Crippen LogP contribution is -2.29. The van der Waals surface area contributed by atoms with Gasteiger partial charge in [-0.25, -0.2) is 0 Å². The molecule has 0 amide bonds. The second-order valence-corrected chi connectivity index (χ2v) is 8.22. The van der Waals surface area contributed by atoms with Gasteiger partial charge in [0.1, 0.15) is 6.04 Å². The van der Waals surface area contributed by atoms with Crippen LogP contribution in [0.4, 0.5) is 13.2 Å². The molecule has 0 aromatic heterocycles. The van der Waals surface area contributed by atoms with E-state index in [1.54, 1.807) is 24.3 Å². The van der Waals surface area contributed by atoms with Gasteiger partial charge in [0.25, 0.3) is 0 Å². The molecule has 31 heavy (non-hydrogen) atoms. The highest BCUT2D eigenvalue weighted by atomic mass is 19.4. The van der Waals surface area contributed by atoms with Gasteiger partial charge in [0.05, 0.1) is 18.7 Å². The maximum absolute atomic E-state index is 13.8. The van der Waals surface area contributed by atoms with Crippen LogP contribution in [0, 0.1) is 0 Å². The molecule has 164 valence electrons. The Bertz CT molecular complexity index is 967. The van der Waals surface area contributed by atoms with E-state index in [0.717, 1.165) is 43.7 Å². The van der Waals surface area contributed by atoms with E-state index in [2.05, 4.69) is 0 Å². The van der Waals surface area contributed by atoms with E-state index in [-0.39, 0.29) is 25.4 Å². The van der Waals surface area contributed by atoms with Crippen LogP contribution in [0.15, 0.2) is 42.5 Å². The number of ketones is 1. The zero-order chi connectivity index (χ0) is 22.0. The van der Waals surface area contributed by atoms with E-state index >= 15 is 0 Å². The van der Waals surface area contributed by atoms with Gasteiger partial charge in [-0.05, 0) is 47.1 Å². The van der Waals surface area contributed by atoms with Crippen LogP contribution in [0.5, 0.6) is 0 Å². The van der Waals surface area contributed by atoms with Crippen molar-refractivity contribution in [2.45, 2.75) is 63.4 Å². The quantitative estimate of drug-likeness (QED) is 0.447.